The van der Waals surface area contributed by atoms with Gasteiger partial charge < -0.3 is 10.2 Å². The van der Waals surface area contributed by atoms with Crippen LogP contribution in [-0.4, -0.2) is 11.6 Å². The fourth-order valence-electron chi connectivity index (χ4n) is 4.41. The minimum absolute atomic E-state index is 0. The first-order valence-corrected chi connectivity index (χ1v) is 15.9. The summed E-state index contributed by atoms with van der Waals surface area (Å²) in [6.07, 6.45) is 0.0532. The Balaban J connectivity index is 0.000000312. The molecule has 1 radical (unpaired) electrons. The molecule has 17 heteroatoms. The Hall–Kier alpha value is -6.58. The second kappa shape index (κ2) is 23.0. The fraction of sp³-hybridized carbons (Fsp3) is 0. The third-order valence-corrected chi connectivity index (χ3v) is 6.87. The molecule has 0 unspecified atom stereocenters. The van der Waals surface area contributed by atoms with Gasteiger partial charge in [0.2, 0.25) is 0 Å². The third-order valence-electron chi connectivity index (χ3n) is 6.87. The molecule has 0 amide bonds. The molecule has 6 rings (SSSR count). The van der Waals surface area contributed by atoms with Crippen molar-refractivity contribution >= 4 is 23.1 Å². The molecule has 0 saturated heterocycles. The number of rotatable bonds is 6. The molecule has 0 heterocycles. The van der Waals surface area contributed by atoms with Gasteiger partial charge in [0.05, 0.1) is 11.1 Å². The van der Waals surface area contributed by atoms with Crippen LogP contribution in [-0.2, 0) is 17.1 Å². The second-order valence-electron chi connectivity index (χ2n) is 11.0. The summed E-state index contributed by atoms with van der Waals surface area (Å²) in [6, 6.07) is 25.6. The number of halogens is 12. The summed E-state index contributed by atoms with van der Waals surface area (Å²) in [5, 5.41) is 23.3. The van der Waals surface area contributed by atoms with Crippen molar-refractivity contribution in [3.8, 4) is 0 Å². The summed E-state index contributed by atoms with van der Waals surface area (Å²) in [5.74, 6) is -24.1. The Morgan fingerprint density at radius 2 is 0.475 bits per heavy atom. The van der Waals surface area contributed by atoms with Crippen molar-refractivity contribution in [2.75, 3.05) is 0 Å². The van der Waals surface area contributed by atoms with E-state index < -0.39 is 115 Å². The first-order chi connectivity index (χ1) is 27.4. The largest absolute Gasteiger partial charge is 2.00 e. The van der Waals surface area contributed by atoms with Crippen LogP contribution in [0, 0.1) is 69.8 Å². The number of benzene rings is 6. The predicted octanol–water partition coefficient (Wildman–Crippen LogP) is 9.58. The molecule has 0 aliphatic heterocycles. The van der Waals surface area contributed by atoms with Gasteiger partial charge in [0.1, 0.15) is 69.8 Å². The standard InChI is InChI=1S/2C15H6F6O2.2C6H6.Cu/c2*16-6-1-8(18)14(9(19)2-6)12(22)5-13(23)15-10(20)3-7(17)4-11(15)21;2*1-2-4-6-5-3-1;/h2*1-5,22H;2*1-6H;/q;;;;+2/p-2/b2*12-5-;;;. The van der Waals surface area contributed by atoms with Crippen molar-refractivity contribution in [3.63, 3.8) is 0 Å². The molecule has 0 aliphatic rings. The van der Waals surface area contributed by atoms with Gasteiger partial charge >= 0.3 is 17.1 Å². The van der Waals surface area contributed by atoms with Crippen LogP contribution in [0.5, 0.6) is 0 Å². The van der Waals surface area contributed by atoms with E-state index in [0.717, 1.165) is 0 Å². The van der Waals surface area contributed by atoms with E-state index in [1.807, 2.05) is 72.8 Å². The van der Waals surface area contributed by atoms with Gasteiger partial charge in [-0.15, -0.1) is 0 Å². The zero-order chi connectivity index (χ0) is 43.1. The molecule has 309 valence electrons. The van der Waals surface area contributed by atoms with E-state index in [1.165, 1.54) is 0 Å². The van der Waals surface area contributed by atoms with Gasteiger partial charge in [0.15, 0.2) is 11.6 Å². The first kappa shape index (κ1) is 48.6. The molecule has 0 N–H and O–H groups in total. The summed E-state index contributed by atoms with van der Waals surface area (Å²) in [5.41, 5.74) is -5.05. The van der Waals surface area contributed by atoms with Crippen LogP contribution in [0.25, 0.3) is 11.5 Å². The van der Waals surface area contributed by atoms with E-state index in [1.54, 1.807) is 0 Å². The number of hydrogen-bond donors (Lipinski definition) is 0. The molecule has 6 aromatic rings. The van der Waals surface area contributed by atoms with Gasteiger partial charge in [-0.25, -0.2) is 52.7 Å². The normalized spacial score (nSPS) is 10.7. The summed E-state index contributed by atoms with van der Waals surface area (Å²) in [7, 11) is 0. The molecular formula is C42H22CuF12O4. The van der Waals surface area contributed by atoms with Crippen LogP contribution in [0.2, 0.25) is 0 Å². The van der Waals surface area contributed by atoms with Crippen molar-refractivity contribution < 1.29 is 89.6 Å². The van der Waals surface area contributed by atoms with Gasteiger partial charge in [-0.3, -0.25) is 9.59 Å². The summed E-state index contributed by atoms with van der Waals surface area (Å²) >= 11 is 0. The number of hydrogen-bond acceptors (Lipinski definition) is 4. The van der Waals surface area contributed by atoms with Crippen molar-refractivity contribution in [1.29, 1.82) is 0 Å². The van der Waals surface area contributed by atoms with E-state index in [9.17, 15) is 72.5 Å². The van der Waals surface area contributed by atoms with Crippen molar-refractivity contribution in [1.82, 2.24) is 0 Å². The first-order valence-electron chi connectivity index (χ1n) is 15.9. The van der Waals surface area contributed by atoms with Gasteiger partial charge in [-0.05, 0) is 12.2 Å². The summed E-state index contributed by atoms with van der Waals surface area (Å²) < 4.78 is 158. The van der Waals surface area contributed by atoms with Crippen molar-refractivity contribution in [2.24, 2.45) is 0 Å². The number of allylic oxidation sites excluding steroid dienone is 2. The molecule has 0 bridgehead atoms. The summed E-state index contributed by atoms with van der Waals surface area (Å²) in [6.45, 7) is 0. The predicted molar refractivity (Wildman–Crippen MR) is 183 cm³/mol. The molecule has 6 aromatic carbocycles. The van der Waals surface area contributed by atoms with E-state index in [-0.39, 0.29) is 77.8 Å². The topological polar surface area (TPSA) is 80.3 Å². The van der Waals surface area contributed by atoms with Crippen LogP contribution in [0.3, 0.4) is 0 Å². The van der Waals surface area contributed by atoms with Gasteiger partial charge in [-0.2, -0.15) is 0 Å². The maximum Gasteiger partial charge on any atom is 2.00 e. The van der Waals surface area contributed by atoms with Crippen LogP contribution < -0.4 is 10.2 Å². The molecule has 0 spiro atoms. The number of ketones is 2. The average molecular weight is 882 g/mol. The van der Waals surface area contributed by atoms with Crippen LogP contribution in [0.4, 0.5) is 52.7 Å². The number of carbonyl (C=O) groups is 2. The van der Waals surface area contributed by atoms with E-state index in [0.29, 0.717) is 0 Å². The smallest absolute Gasteiger partial charge is 0.872 e. The Morgan fingerprint density at radius 3 is 0.644 bits per heavy atom. The van der Waals surface area contributed by atoms with Gasteiger partial charge in [0, 0.05) is 59.7 Å². The number of carbonyl (C=O) groups excluding carboxylic acids is 2. The van der Waals surface area contributed by atoms with Gasteiger partial charge in [0.25, 0.3) is 0 Å². The molecule has 0 aliphatic carbocycles. The summed E-state index contributed by atoms with van der Waals surface area (Å²) in [4.78, 5) is 23.3. The second-order valence-corrected chi connectivity index (χ2v) is 11.0. The van der Waals surface area contributed by atoms with Crippen molar-refractivity contribution in [2.45, 2.75) is 0 Å². The molecule has 0 aromatic heterocycles. The third kappa shape index (κ3) is 14.4. The minimum Gasteiger partial charge on any atom is -0.872 e. The van der Waals surface area contributed by atoms with Crippen LogP contribution in [0.1, 0.15) is 31.8 Å². The van der Waals surface area contributed by atoms with Crippen molar-refractivity contribution in [3.05, 3.63) is 226 Å². The zero-order valence-corrected chi connectivity index (χ0v) is 30.1. The van der Waals surface area contributed by atoms with Crippen LogP contribution >= 0.6 is 0 Å². The zero-order valence-electron chi connectivity index (χ0n) is 29.2. The molecule has 0 saturated carbocycles. The Morgan fingerprint density at radius 1 is 0.322 bits per heavy atom. The molecule has 59 heavy (non-hydrogen) atoms. The molecule has 0 fully saturated rings. The Bertz CT molecular complexity index is 2130. The van der Waals surface area contributed by atoms with Gasteiger partial charge in [-0.1, -0.05) is 84.3 Å². The Labute approximate surface area is 337 Å². The quantitative estimate of drug-likeness (QED) is 0.0549. The fourth-order valence-corrected chi connectivity index (χ4v) is 4.41. The average Bonchev–Trinajstić information content (AvgIpc) is 3.12. The van der Waals surface area contributed by atoms with E-state index in [2.05, 4.69) is 0 Å². The molecule has 4 nitrogen and oxygen atoms in total. The van der Waals surface area contributed by atoms with Crippen LogP contribution in [0.15, 0.2) is 133 Å². The monoisotopic (exact) mass is 881 g/mol. The SMILES string of the molecule is O=C(/C=C(\[O-])c1c(F)cc(F)cc1F)c1c(F)cc(F)cc1F.O=C(/C=C(\[O-])c1c(F)cc(F)cc1F)c1c(F)cc(F)cc1F.[Cu+2].c1ccccc1.c1ccccc1. The molecule has 0 atom stereocenters. The van der Waals surface area contributed by atoms with E-state index in [4.69, 9.17) is 0 Å². The Kier molecular flexibility index (Phi) is 18.9. The maximum absolute atomic E-state index is 13.4. The maximum atomic E-state index is 13.4. The minimum atomic E-state index is -1.59. The molecular weight excluding hydrogens is 860 g/mol. The van der Waals surface area contributed by atoms with E-state index >= 15 is 0 Å².